The van der Waals surface area contributed by atoms with Crippen molar-refractivity contribution in [3.8, 4) is 5.88 Å². The maximum absolute atomic E-state index is 5.73. The Hall–Kier alpha value is -1.25. The highest BCUT2D eigenvalue weighted by atomic mass is 16.5. The summed E-state index contributed by atoms with van der Waals surface area (Å²) in [6, 6.07) is 3.59. The van der Waals surface area contributed by atoms with Crippen LogP contribution in [0.15, 0.2) is 12.1 Å². The van der Waals surface area contributed by atoms with Crippen molar-refractivity contribution >= 4 is 5.69 Å². The van der Waals surface area contributed by atoms with Gasteiger partial charge in [0.25, 0.3) is 0 Å². The van der Waals surface area contributed by atoms with Crippen LogP contribution in [0.3, 0.4) is 0 Å². The van der Waals surface area contributed by atoms with Crippen molar-refractivity contribution in [2.24, 2.45) is 0 Å². The maximum atomic E-state index is 5.73. The molecule has 0 fully saturated rings. The van der Waals surface area contributed by atoms with E-state index in [0.29, 0.717) is 11.8 Å². The van der Waals surface area contributed by atoms with E-state index in [-0.39, 0.29) is 0 Å². The molecule has 1 heterocycles. The van der Waals surface area contributed by atoms with Gasteiger partial charge in [0.05, 0.1) is 18.5 Å². The fourth-order valence-corrected chi connectivity index (χ4v) is 1.04. The fraction of sp³-hybridized carbons (Fsp3) is 0.444. The third kappa shape index (κ3) is 1.67. The average Bonchev–Trinajstić information content (AvgIpc) is 2.05. The Balaban J connectivity index is 3.08. The van der Waals surface area contributed by atoms with Gasteiger partial charge in [-0.15, -0.1) is 0 Å². The van der Waals surface area contributed by atoms with E-state index >= 15 is 0 Å². The number of anilines is 1. The highest BCUT2D eigenvalue weighted by Gasteiger charge is 2.06. The van der Waals surface area contributed by atoms with Gasteiger partial charge in [-0.25, -0.2) is 4.98 Å². The summed E-state index contributed by atoms with van der Waals surface area (Å²) in [5.41, 5.74) is 7.35. The molecule has 3 nitrogen and oxygen atoms in total. The zero-order chi connectivity index (χ0) is 9.14. The third-order valence-electron chi connectivity index (χ3n) is 1.69. The maximum Gasteiger partial charge on any atom is 0.213 e. The first-order valence-corrected chi connectivity index (χ1v) is 3.95. The van der Waals surface area contributed by atoms with Crippen LogP contribution >= 0.6 is 0 Å². The summed E-state index contributed by atoms with van der Waals surface area (Å²) < 4.78 is 4.99. The van der Waals surface area contributed by atoms with E-state index in [0.717, 1.165) is 11.4 Å². The van der Waals surface area contributed by atoms with Gasteiger partial charge in [0.15, 0.2) is 0 Å². The van der Waals surface area contributed by atoms with Crippen LogP contribution in [0.25, 0.3) is 0 Å². The zero-order valence-electron chi connectivity index (χ0n) is 7.66. The minimum atomic E-state index is 0.333. The summed E-state index contributed by atoms with van der Waals surface area (Å²) in [5, 5.41) is 0. The molecular weight excluding hydrogens is 152 g/mol. The summed E-state index contributed by atoms with van der Waals surface area (Å²) in [4.78, 5) is 4.24. The average molecular weight is 166 g/mol. The molecule has 2 N–H and O–H groups in total. The fourth-order valence-electron chi connectivity index (χ4n) is 1.04. The molecule has 0 atom stereocenters. The molecule has 0 aliphatic heterocycles. The first kappa shape index (κ1) is 8.84. The molecule has 1 aromatic rings. The minimum Gasteiger partial charge on any atom is -0.481 e. The SMILES string of the molecule is COc1ccc(N)c(C(C)C)n1. The van der Waals surface area contributed by atoms with E-state index < -0.39 is 0 Å². The third-order valence-corrected chi connectivity index (χ3v) is 1.69. The molecule has 3 heteroatoms. The monoisotopic (exact) mass is 166 g/mol. The standard InChI is InChI=1S/C9H14N2O/c1-6(2)9-7(10)4-5-8(11-9)12-3/h4-6H,10H2,1-3H3. The Bertz CT molecular complexity index is 271. The quantitative estimate of drug-likeness (QED) is 0.728. The van der Waals surface area contributed by atoms with Gasteiger partial charge < -0.3 is 10.5 Å². The van der Waals surface area contributed by atoms with Crippen LogP contribution in [-0.4, -0.2) is 12.1 Å². The Morgan fingerprint density at radius 1 is 1.42 bits per heavy atom. The number of rotatable bonds is 2. The Kier molecular flexibility index (Phi) is 2.53. The van der Waals surface area contributed by atoms with Crippen LogP contribution in [0, 0.1) is 0 Å². The van der Waals surface area contributed by atoms with Crippen molar-refractivity contribution in [2.45, 2.75) is 19.8 Å². The largest absolute Gasteiger partial charge is 0.481 e. The number of aromatic nitrogens is 1. The summed E-state index contributed by atoms with van der Waals surface area (Å²) in [5.74, 6) is 0.952. The van der Waals surface area contributed by atoms with Gasteiger partial charge in [0, 0.05) is 6.07 Å². The van der Waals surface area contributed by atoms with Crippen molar-refractivity contribution < 1.29 is 4.74 Å². The summed E-state index contributed by atoms with van der Waals surface area (Å²) in [6.45, 7) is 4.11. The summed E-state index contributed by atoms with van der Waals surface area (Å²) >= 11 is 0. The lowest BCUT2D eigenvalue weighted by Crippen LogP contribution is -2.01. The Morgan fingerprint density at radius 3 is 2.58 bits per heavy atom. The van der Waals surface area contributed by atoms with Gasteiger partial charge in [-0.2, -0.15) is 0 Å². The smallest absolute Gasteiger partial charge is 0.213 e. The zero-order valence-corrected chi connectivity index (χ0v) is 7.66. The Labute approximate surface area is 72.6 Å². The van der Waals surface area contributed by atoms with Crippen LogP contribution < -0.4 is 10.5 Å². The van der Waals surface area contributed by atoms with Crippen LogP contribution in [-0.2, 0) is 0 Å². The first-order valence-electron chi connectivity index (χ1n) is 3.95. The van der Waals surface area contributed by atoms with Crippen molar-refractivity contribution in [3.63, 3.8) is 0 Å². The molecule has 0 spiro atoms. The number of hydrogen-bond acceptors (Lipinski definition) is 3. The molecule has 0 saturated carbocycles. The molecule has 0 radical (unpaired) electrons. The lowest BCUT2D eigenvalue weighted by Gasteiger charge is -2.09. The Morgan fingerprint density at radius 2 is 2.08 bits per heavy atom. The summed E-state index contributed by atoms with van der Waals surface area (Å²) in [7, 11) is 1.60. The second-order valence-electron chi connectivity index (χ2n) is 2.98. The molecule has 1 rings (SSSR count). The molecule has 66 valence electrons. The van der Waals surface area contributed by atoms with E-state index in [1.165, 1.54) is 0 Å². The van der Waals surface area contributed by atoms with E-state index in [4.69, 9.17) is 10.5 Å². The molecule has 0 bridgehead atoms. The van der Waals surface area contributed by atoms with Gasteiger partial charge in [0.2, 0.25) is 5.88 Å². The van der Waals surface area contributed by atoms with Gasteiger partial charge >= 0.3 is 0 Å². The molecule has 12 heavy (non-hydrogen) atoms. The predicted octanol–water partition coefficient (Wildman–Crippen LogP) is 1.80. The molecule has 0 aliphatic carbocycles. The molecule has 0 saturated heterocycles. The number of nitrogens with two attached hydrogens (primary N) is 1. The van der Waals surface area contributed by atoms with E-state index in [9.17, 15) is 0 Å². The van der Waals surface area contributed by atoms with Gasteiger partial charge in [-0.3, -0.25) is 0 Å². The van der Waals surface area contributed by atoms with Crippen molar-refractivity contribution in [1.29, 1.82) is 0 Å². The lowest BCUT2D eigenvalue weighted by atomic mass is 10.1. The minimum absolute atomic E-state index is 0.333. The van der Waals surface area contributed by atoms with Crippen molar-refractivity contribution in [1.82, 2.24) is 4.98 Å². The van der Waals surface area contributed by atoms with E-state index in [1.54, 1.807) is 13.2 Å². The topological polar surface area (TPSA) is 48.1 Å². The van der Waals surface area contributed by atoms with Crippen LogP contribution in [0.5, 0.6) is 5.88 Å². The van der Waals surface area contributed by atoms with E-state index in [2.05, 4.69) is 18.8 Å². The first-order chi connectivity index (χ1) is 5.65. The van der Waals surface area contributed by atoms with Gasteiger partial charge in [-0.05, 0) is 12.0 Å². The second kappa shape index (κ2) is 3.43. The van der Waals surface area contributed by atoms with Crippen molar-refractivity contribution in [3.05, 3.63) is 17.8 Å². The van der Waals surface area contributed by atoms with Gasteiger partial charge in [0.1, 0.15) is 0 Å². The number of nitrogens with zero attached hydrogens (tertiary/aromatic N) is 1. The normalized spacial score (nSPS) is 10.3. The summed E-state index contributed by atoms with van der Waals surface area (Å²) in [6.07, 6.45) is 0. The molecule has 0 aliphatic rings. The second-order valence-corrected chi connectivity index (χ2v) is 2.98. The molecule has 0 unspecified atom stereocenters. The molecule has 1 aromatic heterocycles. The molecule has 0 amide bonds. The number of ether oxygens (including phenoxy) is 1. The molecular formula is C9H14N2O. The lowest BCUT2D eigenvalue weighted by molar-refractivity contribution is 0.396. The van der Waals surface area contributed by atoms with Crippen LogP contribution in [0.1, 0.15) is 25.5 Å². The van der Waals surface area contributed by atoms with E-state index in [1.807, 2.05) is 6.07 Å². The number of pyridine rings is 1. The highest BCUT2D eigenvalue weighted by molar-refractivity contribution is 5.45. The predicted molar refractivity (Wildman–Crippen MR) is 49.3 cm³/mol. The highest BCUT2D eigenvalue weighted by Crippen LogP contribution is 2.21. The van der Waals surface area contributed by atoms with Gasteiger partial charge in [-0.1, -0.05) is 13.8 Å². The number of methoxy groups -OCH3 is 1. The van der Waals surface area contributed by atoms with Crippen molar-refractivity contribution in [2.75, 3.05) is 12.8 Å². The van der Waals surface area contributed by atoms with Crippen LogP contribution in [0.4, 0.5) is 5.69 Å². The number of hydrogen-bond donors (Lipinski definition) is 1. The molecule has 0 aromatic carbocycles. The van der Waals surface area contributed by atoms with Crippen LogP contribution in [0.2, 0.25) is 0 Å². The number of nitrogen functional groups attached to an aromatic ring is 1.